The summed E-state index contributed by atoms with van der Waals surface area (Å²) in [4.78, 5) is 35.5. The number of hydrogen-bond donors (Lipinski definition) is 2. The lowest BCUT2D eigenvalue weighted by molar-refractivity contribution is -0.145. The van der Waals surface area contributed by atoms with Crippen LogP contribution in [-0.2, 0) is 19.1 Å². The van der Waals surface area contributed by atoms with E-state index in [4.69, 9.17) is 14.2 Å². The fourth-order valence-corrected chi connectivity index (χ4v) is 2.74. The number of esters is 1. The Balaban J connectivity index is 1.87. The van der Waals surface area contributed by atoms with E-state index in [1.165, 1.54) is 13.3 Å². The molecule has 0 bridgehead atoms. The quantitative estimate of drug-likeness (QED) is 0.254. The third kappa shape index (κ3) is 7.75. The van der Waals surface area contributed by atoms with Crippen molar-refractivity contribution in [1.29, 1.82) is 0 Å². The highest BCUT2D eigenvalue weighted by Crippen LogP contribution is 2.27. The average Bonchev–Trinajstić information content (AvgIpc) is 2.74. The summed E-state index contributed by atoms with van der Waals surface area (Å²) in [5.41, 5.74) is 5.59. The van der Waals surface area contributed by atoms with Crippen LogP contribution in [0.5, 0.6) is 11.5 Å². The van der Waals surface area contributed by atoms with E-state index in [0.29, 0.717) is 22.7 Å². The number of anilines is 1. The van der Waals surface area contributed by atoms with Crippen LogP contribution in [0.1, 0.15) is 30.0 Å². The fraction of sp³-hybridized carbons (Fsp3) is 0.304. The molecule has 9 nitrogen and oxygen atoms in total. The number of nitrogens with one attached hydrogen (secondary N) is 2. The first-order valence-corrected chi connectivity index (χ1v) is 9.97. The van der Waals surface area contributed by atoms with Crippen LogP contribution in [0.15, 0.2) is 41.5 Å². The largest absolute Gasteiger partial charge is 0.493 e. The predicted octanol–water partition coefficient (Wildman–Crippen LogP) is 2.73. The Morgan fingerprint density at radius 1 is 1.03 bits per heavy atom. The lowest BCUT2D eigenvalue weighted by Crippen LogP contribution is -2.24. The number of carbonyl (C=O) groups excluding carboxylic acids is 3. The molecule has 32 heavy (non-hydrogen) atoms. The minimum Gasteiger partial charge on any atom is -0.493 e. The molecule has 0 unspecified atom stereocenters. The Morgan fingerprint density at radius 3 is 2.50 bits per heavy atom. The Hall–Kier alpha value is -3.88. The summed E-state index contributed by atoms with van der Waals surface area (Å²) >= 11 is 0. The molecule has 0 radical (unpaired) electrons. The molecule has 0 saturated heterocycles. The number of carbonyl (C=O) groups is 3. The molecule has 0 fully saturated rings. The van der Waals surface area contributed by atoms with Crippen molar-refractivity contribution in [3.63, 3.8) is 0 Å². The van der Waals surface area contributed by atoms with Gasteiger partial charge < -0.3 is 19.5 Å². The first-order valence-electron chi connectivity index (χ1n) is 9.97. The van der Waals surface area contributed by atoms with E-state index in [9.17, 15) is 14.4 Å². The van der Waals surface area contributed by atoms with E-state index in [1.54, 1.807) is 31.2 Å². The SMILES string of the molecule is CCOC(=O)COc1ccc(C=NNC(=O)CC(=O)Nc2ccc(C)cc2C)cc1OC. The van der Waals surface area contributed by atoms with Gasteiger partial charge in [0.2, 0.25) is 11.8 Å². The van der Waals surface area contributed by atoms with Gasteiger partial charge in [-0.15, -0.1) is 0 Å². The molecule has 0 aliphatic rings. The van der Waals surface area contributed by atoms with Gasteiger partial charge in [-0.1, -0.05) is 17.7 Å². The van der Waals surface area contributed by atoms with Gasteiger partial charge in [-0.2, -0.15) is 5.10 Å². The van der Waals surface area contributed by atoms with E-state index < -0.39 is 17.8 Å². The topological polar surface area (TPSA) is 115 Å². The number of benzene rings is 2. The summed E-state index contributed by atoms with van der Waals surface area (Å²) in [5, 5.41) is 6.57. The lowest BCUT2D eigenvalue weighted by Gasteiger charge is -2.10. The standard InChI is InChI=1S/C23H27N3O6/c1-5-31-23(29)14-32-19-9-7-17(11-20(19)30-4)13-24-26-22(28)12-21(27)25-18-8-6-15(2)10-16(18)3/h6-11,13H,5,12,14H2,1-4H3,(H,25,27)(H,26,28). The van der Waals surface area contributed by atoms with Crippen LogP contribution in [-0.4, -0.2) is 44.3 Å². The molecule has 9 heteroatoms. The van der Waals surface area contributed by atoms with Gasteiger partial charge in [-0.05, 0) is 56.2 Å². The summed E-state index contributed by atoms with van der Waals surface area (Å²) in [6, 6.07) is 10.5. The maximum atomic E-state index is 12.1. The fourth-order valence-electron chi connectivity index (χ4n) is 2.74. The maximum absolute atomic E-state index is 12.1. The average molecular weight is 441 g/mol. The van der Waals surface area contributed by atoms with Crippen LogP contribution in [0.4, 0.5) is 5.69 Å². The molecule has 0 spiro atoms. The molecular formula is C23H27N3O6. The summed E-state index contributed by atoms with van der Waals surface area (Å²) in [7, 11) is 1.46. The van der Waals surface area contributed by atoms with Crippen molar-refractivity contribution in [2.75, 3.05) is 25.6 Å². The molecule has 0 aliphatic carbocycles. The number of amides is 2. The summed E-state index contributed by atoms with van der Waals surface area (Å²) in [5.74, 6) is -0.717. The highest BCUT2D eigenvalue weighted by atomic mass is 16.6. The van der Waals surface area contributed by atoms with Crippen molar-refractivity contribution in [1.82, 2.24) is 5.43 Å². The van der Waals surface area contributed by atoms with Gasteiger partial charge >= 0.3 is 5.97 Å². The number of aryl methyl sites for hydroxylation is 2. The van der Waals surface area contributed by atoms with Crippen molar-refractivity contribution >= 4 is 29.7 Å². The molecule has 0 aromatic heterocycles. The molecule has 0 aliphatic heterocycles. The Kier molecular flexibility index (Phi) is 9.22. The van der Waals surface area contributed by atoms with Crippen LogP contribution < -0.4 is 20.2 Å². The molecule has 0 saturated carbocycles. The molecule has 170 valence electrons. The number of ether oxygens (including phenoxy) is 3. The second-order valence-corrected chi connectivity index (χ2v) is 6.84. The summed E-state index contributed by atoms with van der Waals surface area (Å²) < 4.78 is 15.5. The third-order valence-corrected chi connectivity index (χ3v) is 4.22. The molecular weight excluding hydrogens is 414 g/mol. The number of hydrogen-bond acceptors (Lipinski definition) is 7. The van der Waals surface area contributed by atoms with Gasteiger partial charge in [0.1, 0.15) is 6.42 Å². The highest BCUT2D eigenvalue weighted by molar-refractivity contribution is 6.04. The third-order valence-electron chi connectivity index (χ3n) is 4.22. The zero-order chi connectivity index (χ0) is 23.5. The van der Waals surface area contributed by atoms with Crippen LogP contribution in [0, 0.1) is 13.8 Å². The van der Waals surface area contributed by atoms with Gasteiger partial charge in [0.15, 0.2) is 18.1 Å². The van der Waals surface area contributed by atoms with Gasteiger partial charge in [0, 0.05) is 5.69 Å². The second kappa shape index (κ2) is 12.1. The first kappa shape index (κ1) is 24.4. The van der Waals surface area contributed by atoms with Crippen molar-refractivity contribution in [2.45, 2.75) is 27.2 Å². The Morgan fingerprint density at radius 2 is 1.81 bits per heavy atom. The van der Waals surface area contributed by atoms with Crippen molar-refractivity contribution in [3.8, 4) is 11.5 Å². The minimum atomic E-state index is -0.551. The van der Waals surface area contributed by atoms with E-state index in [-0.39, 0.29) is 19.6 Å². The summed E-state index contributed by atoms with van der Waals surface area (Å²) in [6.07, 6.45) is 1.03. The van der Waals surface area contributed by atoms with Crippen molar-refractivity contribution < 1.29 is 28.6 Å². The van der Waals surface area contributed by atoms with Crippen LogP contribution >= 0.6 is 0 Å². The smallest absolute Gasteiger partial charge is 0.344 e. The zero-order valence-corrected chi connectivity index (χ0v) is 18.6. The Labute approximate surface area is 186 Å². The van der Waals surface area contributed by atoms with E-state index in [2.05, 4.69) is 15.8 Å². The molecule has 2 rings (SSSR count). The van der Waals surface area contributed by atoms with Gasteiger partial charge in [-0.25, -0.2) is 10.2 Å². The van der Waals surface area contributed by atoms with Crippen LogP contribution in [0.3, 0.4) is 0 Å². The molecule has 2 amide bonds. The molecule has 2 N–H and O–H groups in total. The maximum Gasteiger partial charge on any atom is 0.344 e. The number of rotatable bonds is 10. The summed E-state index contributed by atoms with van der Waals surface area (Å²) in [6.45, 7) is 5.59. The van der Waals surface area contributed by atoms with E-state index >= 15 is 0 Å². The van der Waals surface area contributed by atoms with Gasteiger partial charge in [0.05, 0.1) is 19.9 Å². The zero-order valence-electron chi connectivity index (χ0n) is 18.6. The van der Waals surface area contributed by atoms with Crippen LogP contribution in [0.2, 0.25) is 0 Å². The molecule has 2 aromatic carbocycles. The molecule has 2 aromatic rings. The first-order chi connectivity index (χ1) is 15.3. The number of hydrazone groups is 1. The number of nitrogens with zero attached hydrogens (tertiary/aromatic N) is 1. The van der Waals surface area contributed by atoms with Gasteiger partial charge in [0.25, 0.3) is 0 Å². The van der Waals surface area contributed by atoms with E-state index in [1.807, 2.05) is 26.0 Å². The van der Waals surface area contributed by atoms with E-state index in [0.717, 1.165) is 11.1 Å². The second-order valence-electron chi connectivity index (χ2n) is 6.84. The number of methoxy groups -OCH3 is 1. The Bertz CT molecular complexity index is 1000. The lowest BCUT2D eigenvalue weighted by atomic mass is 10.1. The van der Waals surface area contributed by atoms with Crippen molar-refractivity contribution in [3.05, 3.63) is 53.1 Å². The minimum absolute atomic E-state index is 0.238. The van der Waals surface area contributed by atoms with Gasteiger partial charge in [-0.3, -0.25) is 9.59 Å². The monoisotopic (exact) mass is 441 g/mol. The normalized spacial score (nSPS) is 10.5. The highest BCUT2D eigenvalue weighted by Gasteiger charge is 2.11. The molecule has 0 atom stereocenters. The predicted molar refractivity (Wildman–Crippen MR) is 120 cm³/mol. The molecule has 0 heterocycles. The van der Waals surface area contributed by atoms with Crippen molar-refractivity contribution in [2.24, 2.45) is 5.10 Å². The van der Waals surface area contributed by atoms with Crippen LogP contribution in [0.25, 0.3) is 0 Å².